The van der Waals surface area contributed by atoms with Crippen LogP contribution in [0, 0.1) is 0 Å². The van der Waals surface area contributed by atoms with Crippen LogP contribution in [0.5, 0.6) is 0 Å². The molecule has 24 heavy (non-hydrogen) atoms. The van der Waals surface area contributed by atoms with Gasteiger partial charge in [-0.1, -0.05) is 36.9 Å². The first-order valence-electron chi connectivity index (χ1n) is 8.16. The SMILES string of the molecule is C=C(CCC(=O)OC(C)(C)C)N1C(=O)OC[C@@H]1Cc1ccccc1. The molecule has 1 amide bonds. The highest BCUT2D eigenvalue weighted by atomic mass is 16.6. The summed E-state index contributed by atoms with van der Waals surface area (Å²) in [4.78, 5) is 25.4. The van der Waals surface area contributed by atoms with Crippen molar-refractivity contribution in [2.75, 3.05) is 6.61 Å². The van der Waals surface area contributed by atoms with Crippen molar-refractivity contribution in [1.29, 1.82) is 0 Å². The molecule has 0 aromatic heterocycles. The molecule has 5 heteroatoms. The predicted molar refractivity (Wildman–Crippen MR) is 91.3 cm³/mol. The number of amides is 1. The third-order valence-electron chi connectivity index (χ3n) is 3.65. The lowest BCUT2D eigenvalue weighted by molar-refractivity contribution is -0.154. The van der Waals surface area contributed by atoms with Crippen LogP contribution < -0.4 is 0 Å². The Morgan fingerprint density at radius 3 is 2.58 bits per heavy atom. The Hall–Kier alpha value is -2.30. The minimum absolute atomic E-state index is 0.0916. The molecule has 0 bridgehead atoms. The Labute approximate surface area is 143 Å². The van der Waals surface area contributed by atoms with Crippen LogP contribution in [0.25, 0.3) is 0 Å². The van der Waals surface area contributed by atoms with Gasteiger partial charge >= 0.3 is 12.1 Å². The molecule has 0 saturated carbocycles. The second-order valence-electron chi connectivity index (χ2n) is 6.94. The van der Waals surface area contributed by atoms with Gasteiger partial charge in [0.15, 0.2) is 0 Å². The van der Waals surface area contributed by atoms with Crippen LogP contribution in [0.2, 0.25) is 0 Å². The predicted octanol–water partition coefficient (Wildman–Crippen LogP) is 3.69. The summed E-state index contributed by atoms with van der Waals surface area (Å²) in [5, 5.41) is 0. The second kappa shape index (κ2) is 7.51. The van der Waals surface area contributed by atoms with Gasteiger partial charge in [0.05, 0.1) is 12.5 Å². The van der Waals surface area contributed by atoms with Crippen molar-refractivity contribution < 1.29 is 19.1 Å². The summed E-state index contributed by atoms with van der Waals surface area (Å²) in [6.45, 7) is 9.78. The highest BCUT2D eigenvalue weighted by Crippen LogP contribution is 2.24. The highest BCUT2D eigenvalue weighted by molar-refractivity contribution is 5.73. The second-order valence-corrected chi connectivity index (χ2v) is 6.94. The summed E-state index contributed by atoms with van der Waals surface area (Å²) in [6.07, 6.45) is 0.857. The van der Waals surface area contributed by atoms with Crippen molar-refractivity contribution in [2.24, 2.45) is 0 Å². The van der Waals surface area contributed by atoms with Gasteiger partial charge in [0.1, 0.15) is 12.2 Å². The van der Waals surface area contributed by atoms with E-state index in [9.17, 15) is 9.59 Å². The van der Waals surface area contributed by atoms with Crippen molar-refractivity contribution >= 4 is 12.1 Å². The van der Waals surface area contributed by atoms with Crippen molar-refractivity contribution in [3.8, 4) is 0 Å². The third-order valence-corrected chi connectivity index (χ3v) is 3.65. The molecule has 5 nitrogen and oxygen atoms in total. The molecule has 1 aromatic rings. The first kappa shape index (κ1) is 18.0. The van der Waals surface area contributed by atoms with Crippen LogP contribution in [0.4, 0.5) is 4.79 Å². The van der Waals surface area contributed by atoms with Gasteiger partial charge < -0.3 is 9.47 Å². The van der Waals surface area contributed by atoms with Crippen LogP contribution in [0.1, 0.15) is 39.2 Å². The Morgan fingerprint density at radius 1 is 1.29 bits per heavy atom. The van der Waals surface area contributed by atoms with Gasteiger partial charge in [-0.3, -0.25) is 9.69 Å². The maximum atomic E-state index is 12.0. The summed E-state index contributed by atoms with van der Waals surface area (Å²) in [6, 6.07) is 9.83. The molecule has 0 radical (unpaired) electrons. The van der Waals surface area contributed by atoms with E-state index < -0.39 is 11.7 Å². The van der Waals surface area contributed by atoms with E-state index in [-0.39, 0.29) is 18.4 Å². The zero-order chi connectivity index (χ0) is 17.7. The van der Waals surface area contributed by atoms with Gasteiger partial charge in [-0.15, -0.1) is 0 Å². The summed E-state index contributed by atoms with van der Waals surface area (Å²) < 4.78 is 10.5. The molecule has 1 aliphatic heterocycles. The zero-order valence-electron chi connectivity index (χ0n) is 14.6. The molecule has 0 N–H and O–H groups in total. The molecule has 0 unspecified atom stereocenters. The Balaban J connectivity index is 1.93. The average Bonchev–Trinajstić information content (AvgIpc) is 2.85. The largest absolute Gasteiger partial charge is 0.460 e. The topological polar surface area (TPSA) is 55.8 Å². The number of esters is 1. The van der Waals surface area contributed by atoms with E-state index >= 15 is 0 Å². The lowest BCUT2D eigenvalue weighted by atomic mass is 10.0. The van der Waals surface area contributed by atoms with E-state index in [2.05, 4.69) is 6.58 Å². The maximum absolute atomic E-state index is 12.0. The first-order valence-corrected chi connectivity index (χ1v) is 8.16. The van der Waals surface area contributed by atoms with Crippen LogP contribution >= 0.6 is 0 Å². The van der Waals surface area contributed by atoms with Gasteiger partial charge in [-0.25, -0.2) is 4.79 Å². The number of allylic oxidation sites excluding steroid dienone is 1. The monoisotopic (exact) mass is 331 g/mol. The Kier molecular flexibility index (Phi) is 5.65. The molecule has 130 valence electrons. The molecular formula is C19H25NO4. The van der Waals surface area contributed by atoms with Gasteiger partial charge in [0.2, 0.25) is 0 Å². The maximum Gasteiger partial charge on any atom is 0.414 e. The molecule has 1 saturated heterocycles. The minimum Gasteiger partial charge on any atom is -0.460 e. The van der Waals surface area contributed by atoms with Crippen LogP contribution in [-0.2, 0) is 20.7 Å². The number of carbonyl (C=O) groups excluding carboxylic acids is 2. The van der Waals surface area contributed by atoms with Crippen LogP contribution in [0.15, 0.2) is 42.6 Å². The number of ether oxygens (including phenoxy) is 2. The minimum atomic E-state index is -0.513. The smallest absolute Gasteiger partial charge is 0.414 e. The fraction of sp³-hybridized carbons (Fsp3) is 0.474. The number of nitrogens with zero attached hydrogens (tertiary/aromatic N) is 1. The summed E-state index contributed by atoms with van der Waals surface area (Å²) in [5.41, 5.74) is 1.20. The van der Waals surface area contributed by atoms with E-state index in [1.807, 2.05) is 51.1 Å². The van der Waals surface area contributed by atoms with E-state index in [0.717, 1.165) is 5.56 Å². The Morgan fingerprint density at radius 2 is 1.96 bits per heavy atom. The molecule has 0 spiro atoms. The van der Waals surface area contributed by atoms with E-state index in [4.69, 9.17) is 9.47 Å². The van der Waals surface area contributed by atoms with Gasteiger partial charge in [0.25, 0.3) is 0 Å². The number of hydrogen-bond donors (Lipinski definition) is 0. The molecular weight excluding hydrogens is 306 g/mol. The lowest BCUT2D eigenvalue weighted by Gasteiger charge is -2.24. The normalized spacial score (nSPS) is 17.5. The van der Waals surface area contributed by atoms with Gasteiger partial charge in [-0.05, 0) is 39.2 Å². The lowest BCUT2D eigenvalue weighted by Crippen LogP contribution is -2.34. The van der Waals surface area contributed by atoms with Crippen LogP contribution in [0.3, 0.4) is 0 Å². The molecule has 1 fully saturated rings. The zero-order valence-corrected chi connectivity index (χ0v) is 14.6. The van der Waals surface area contributed by atoms with E-state index in [0.29, 0.717) is 25.1 Å². The number of carbonyl (C=O) groups is 2. The fourth-order valence-corrected chi connectivity index (χ4v) is 2.64. The molecule has 1 aliphatic rings. The fourth-order valence-electron chi connectivity index (χ4n) is 2.64. The number of cyclic esters (lactones) is 1. The number of rotatable bonds is 6. The summed E-state index contributed by atoms with van der Waals surface area (Å²) in [7, 11) is 0. The van der Waals surface area contributed by atoms with Crippen molar-refractivity contribution in [1.82, 2.24) is 4.90 Å². The molecule has 1 aromatic carbocycles. The quantitative estimate of drug-likeness (QED) is 0.746. The van der Waals surface area contributed by atoms with Gasteiger partial charge in [-0.2, -0.15) is 0 Å². The van der Waals surface area contributed by atoms with Crippen molar-refractivity contribution in [2.45, 2.75) is 51.7 Å². The third kappa shape index (κ3) is 5.11. The van der Waals surface area contributed by atoms with Gasteiger partial charge in [0, 0.05) is 5.70 Å². The summed E-state index contributed by atoms with van der Waals surface area (Å²) in [5.74, 6) is -0.296. The summed E-state index contributed by atoms with van der Waals surface area (Å²) >= 11 is 0. The van der Waals surface area contributed by atoms with Crippen molar-refractivity contribution in [3.05, 3.63) is 48.2 Å². The first-order chi connectivity index (χ1) is 11.3. The molecule has 1 atom stereocenters. The average molecular weight is 331 g/mol. The Bertz CT molecular complexity index is 604. The molecule has 1 heterocycles. The van der Waals surface area contributed by atoms with E-state index in [1.54, 1.807) is 4.90 Å². The standard InChI is InChI=1S/C19H25NO4/c1-14(10-11-17(21)24-19(2,3)4)20-16(13-23-18(20)22)12-15-8-6-5-7-9-15/h5-9,16H,1,10-13H2,2-4H3/t16-/m0/s1. The van der Waals surface area contributed by atoms with E-state index in [1.165, 1.54) is 0 Å². The number of hydrogen-bond acceptors (Lipinski definition) is 4. The highest BCUT2D eigenvalue weighted by Gasteiger charge is 2.34. The molecule has 0 aliphatic carbocycles. The molecule has 2 rings (SSSR count). The van der Waals surface area contributed by atoms with Crippen molar-refractivity contribution in [3.63, 3.8) is 0 Å². The van der Waals surface area contributed by atoms with Crippen LogP contribution in [-0.4, -0.2) is 35.2 Å². The number of benzene rings is 1.